The largest absolute Gasteiger partial charge is 0.493 e. The van der Waals surface area contributed by atoms with Crippen LogP contribution in [-0.2, 0) is 6.61 Å². The Morgan fingerprint density at radius 1 is 1.03 bits per heavy atom. The Bertz CT molecular complexity index is 1070. The van der Waals surface area contributed by atoms with Crippen LogP contribution in [0.15, 0.2) is 78.4 Å². The maximum Gasteiger partial charge on any atom is 0.203 e. The van der Waals surface area contributed by atoms with Crippen LogP contribution in [0, 0.1) is 11.3 Å². The Morgan fingerprint density at radius 3 is 2.41 bits per heavy atom. The number of Topliss-reactive ketones (excluding diaryl/α,β-unsaturated/α-hetero) is 1. The molecule has 3 aromatic rings. The van der Waals surface area contributed by atoms with Crippen molar-refractivity contribution in [1.82, 2.24) is 0 Å². The first kappa shape index (κ1) is 20.2. The summed E-state index contributed by atoms with van der Waals surface area (Å²) in [6.45, 7) is 0.360. The first-order chi connectivity index (χ1) is 14.1. The highest BCUT2D eigenvalue weighted by atomic mass is 35.5. The van der Waals surface area contributed by atoms with Crippen LogP contribution in [0.3, 0.4) is 0 Å². The lowest BCUT2D eigenvalue weighted by molar-refractivity contribution is 0.104. The summed E-state index contributed by atoms with van der Waals surface area (Å²) in [6.07, 6.45) is 1.54. The van der Waals surface area contributed by atoms with E-state index in [-0.39, 0.29) is 11.4 Å². The molecule has 0 fully saturated rings. The lowest BCUT2D eigenvalue weighted by Gasteiger charge is -2.11. The van der Waals surface area contributed by atoms with Crippen molar-refractivity contribution in [3.63, 3.8) is 0 Å². The number of hydrogen-bond donors (Lipinski definition) is 0. The molecule has 3 aromatic carbocycles. The van der Waals surface area contributed by atoms with Crippen LogP contribution in [0.1, 0.15) is 21.5 Å². The molecule has 4 nitrogen and oxygen atoms in total. The van der Waals surface area contributed by atoms with Gasteiger partial charge in [-0.2, -0.15) is 5.26 Å². The normalized spacial score (nSPS) is 10.9. The summed E-state index contributed by atoms with van der Waals surface area (Å²) in [6, 6.07) is 23.3. The van der Waals surface area contributed by atoms with E-state index in [0.29, 0.717) is 34.3 Å². The van der Waals surface area contributed by atoms with Crippen LogP contribution < -0.4 is 9.47 Å². The summed E-state index contributed by atoms with van der Waals surface area (Å²) in [5, 5.41) is 10.1. The smallest absolute Gasteiger partial charge is 0.203 e. The SMILES string of the molecule is COc1cc(/C=C(\C#N)C(=O)c2ccccc2)ccc1OCc1ccc(Cl)cc1. The zero-order valence-electron chi connectivity index (χ0n) is 15.8. The number of methoxy groups -OCH3 is 1. The van der Waals surface area contributed by atoms with Crippen molar-refractivity contribution in [3.05, 3.63) is 100 Å². The van der Waals surface area contributed by atoms with Gasteiger partial charge in [-0.1, -0.05) is 60.1 Å². The fraction of sp³-hybridized carbons (Fsp3) is 0.0833. The molecular formula is C24H18ClNO3. The number of benzene rings is 3. The Labute approximate surface area is 174 Å². The van der Waals surface area contributed by atoms with Gasteiger partial charge in [-0.3, -0.25) is 4.79 Å². The van der Waals surface area contributed by atoms with Crippen LogP contribution in [0.4, 0.5) is 0 Å². The van der Waals surface area contributed by atoms with Crippen molar-refractivity contribution in [3.8, 4) is 17.6 Å². The lowest BCUT2D eigenvalue weighted by Crippen LogP contribution is -2.01. The molecule has 0 aliphatic rings. The first-order valence-electron chi connectivity index (χ1n) is 8.87. The Balaban J connectivity index is 1.80. The third-order valence-electron chi connectivity index (χ3n) is 4.21. The maximum atomic E-state index is 12.5. The van der Waals surface area contributed by atoms with Crippen LogP contribution >= 0.6 is 11.6 Å². The van der Waals surface area contributed by atoms with E-state index < -0.39 is 0 Å². The van der Waals surface area contributed by atoms with Gasteiger partial charge in [0.15, 0.2) is 11.5 Å². The van der Waals surface area contributed by atoms with E-state index >= 15 is 0 Å². The first-order valence-corrected chi connectivity index (χ1v) is 9.25. The zero-order chi connectivity index (χ0) is 20.6. The molecule has 0 unspecified atom stereocenters. The van der Waals surface area contributed by atoms with Crippen molar-refractivity contribution >= 4 is 23.5 Å². The zero-order valence-corrected chi connectivity index (χ0v) is 16.5. The number of nitriles is 1. The van der Waals surface area contributed by atoms with E-state index in [2.05, 4.69) is 0 Å². The minimum Gasteiger partial charge on any atom is -0.493 e. The molecule has 0 bridgehead atoms. The Hall–Kier alpha value is -3.55. The van der Waals surface area contributed by atoms with E-state index in [9.17, 15) is 10.1 Å². The molecule has 3 rings (SSSR count). The van der Waals surface area contributed by atoms with Crippen molar-refractivity contribution in [1.29, 1.82) is 5.26 Å². The van der Waals surface area contributed by atoms with Crippen molar-refractivity contribution < 1.29 is 14.3 Å². The lowest BCUT2D eigenvalue weighted by atomic mass is 10.0. The van der Waals surface area contributed by atoms with E-state index in [4.69, 9.17) is 21.1 Å². The average Bonchev–Trinajstić information content (AvgIpc) is 2.77. The average molecular weight is 404 g/mol. The van der Waals surface area contributed by atoms with Gasteiger partial charge in [0.2, 0.25) is 5.78 Å². The monoisotopic (exact) mass is 403 g/mol. The molecule has 0 aromatic heterocycles. The van der Waals surface area contributed by atoms with Crippen molar-refractivity contribution in [2.45, 2.75) is 6.61 Å². The summed E-state index contributed by atoms with van der Waals surface area (Å²) in [7, 11) is 1.54. The van der Waals surface area contributed by atoms with Gasteiger partial charge in [0.05, 0.1) is 7.11 Å². The minimum absolute atomic E-state index is 0.0492. The van der Waals surface area contributed by atoms with Crippen molar-refractivity contribution in [2.75, 3.05) is 7.11 Å². The molecule has 0 atom stereocenters. The molecule has 0 heterocycles. The number of allylic oxidation sites excluding steroid dienone is 1. The molecule has 0 saturated heterocycles. The highest BCUT2D eigenvalue weighted by Gasteiger charge is 2.13. The molecule has 5 heteroatoms. The van der Waals surface area contributed by atoms with Gasteiger partial charge >= 0.3 is 0 Å². The number of carbonyl (C=O) groups excluding carboxylic acids is 1. The van der Waals surface area contributed by atoms with Gasteiger partial charge in [0.1, 0.15) is 18.2 Å². The van der Waals surface area contributed by atoms with E-state index in [1.807, 2.05) is 24.3 Å². The fourth-order valence-corrected chi connectivity index (χ4v) is 2.82. The molecule has 144 valence electrons. The summed E-state index contributed by atoms with van der Waals surface area (Å²) in [5.74, 6) is 0.750. The summed E-state index contributed by atoms with van der Waals surface area (Å²) in [4.78, 5) is 12.5. The highest BCUT2D eigenvalue weighted by Crippen LogP contribution is 2.30. The predicted octanol–water partition coefficient (Wildman–Crippen LogP) is 5.72. The molecule has 0 spiro atoms. The van der Waals surface area contributed by atoms with Gasteiger partial charge in [-0.15, -0.1) is 0 Å². The summed E-state index contributed by atoms with van der Waals surface area (Å²) in [5.41, 5.74) is 2.16. The Kier molecular flexibility index (Phi) is 6.67. The number of ketones is 1. The van der Waals surface area contributed by atoms with Crippen LogP contribution in [-0.4, -0.2) is 12.9 Å². The topological polar surface area (TPSA) is 59.3 Å². The predicted molar refractivity (Wildman–Crippen MR) is 113 cm³/mol. The molecule has 0 N–H and O–H groups in total. The second-order valence-electron chi connectivity index (χ2n) is 6.19. The van der Waals surface area contributed by atoms with Gasteiger partial charge in [0, 0.05) is 10.6 Å². The fourth-order valence-electron chi connectivity index (χ4n) is 2.70. The third-order valence-corrected chi connectivity index (χ3v) is 4.46. The number of nitrogens with zero attached hydrogens (tertiary/aromatic N) is 1. The Morgan fingerprint density at radius 2 is 1.76 bits per heavy atom. The number of hydrogen-bond acceptors (Lipinski definition) is 4. The van der Waals surface area contributed by atoms with Gasteiger partial charge in [-0.25, -0.2) is 0 Å². The van der Waals surface area contributed by atoms with E-state index in [1.54, 1.807) is 60.7 Å². The van der Waals surface area contributed by atoms with Crippen molar-refractivity contribution in [2.24, 2.45) is 0 Å². The summed E-state index contributed by atoms with van der Waals surface area (Å²) < 4.78 is 11.2. The number of ether oxygens (including phenoxy) is 2. The molecule has 0 amide bonds. The molecule has 0 aliphatic carbocycles. The van der Waals surface area contributed by atoms with Crippen LogP contribution in [0.2, 0.25) is 5.02 Å². The number of halogens is 1. The third kappa shape index (κ3) is 5.25. The standard InChI is InChI=1S/C24H18ClNO3/c1-28-23-14-18(13-20(15-26)24(27)19-5-3-2-4-6-19)9-12-22(23)29-16-17-7-10-21(25)11-8-17/h2-14H,16H2,1H3/b20-13+. The number of rotatable bonds is 7. The quantitative estimate of drug-likeness (QED) is 0.287. The van der Waals surface area contributed by atoms with Gasteiger partial charge < -0.3 is 9.47 Å². The highest BCUT2D eigenvalue weighted by molar-refractivity contribution is 6.30. The second kappa shape index (κ2) is 9.59. The second-order valence-corrected chi connectivity index (χ2v) is 6.63. The van der Waals surface area contributed by atoms with E-state index in [0.717, 1.165) is 5.56 Å². The number of carbonyl (C=O) groups is 1. The van der Waals surface area contributed by atoms with Gasteiger partial charge in [0.25, 0.3) is 0 Å². The van der Waals surface area contributed by atoms with Crippen LogP contribution in [0.5, 0.6) is 11.5 Å². The molecular weight excluding hydrogens is 386 g/mol. The molecule has 0 aliphatic heterocycles. The molecule has 0 radical (unpaired) electrons. The van der Waals surface area contributed by atoms with Crippen LogP contribution in [0.25, 0.3) is 6.08 Å². The van der Waals surface area contributed by atoms with E-state index in [1.165, 1.54) is 7.11 Å². The maximum absolute atomic E-state index is 12.5. The van der Waals surface area contributed by atoms with Gasteiger partial charge in [-0.05, 0) is 41.5 Å². The molecule has 0 saturated carbocycles. The molecule has 29 heavy (non-hydrogen) atoms. The minimum atomic E-state index is -0.324. The summed E-state index contributed by atoms with van der Waals surface area (Å²) >= 11 is 5.90.